The minimum absolute atomic E-state index is 0.0869. The maximum Gasteiger partial charge on any atom is 0.232 e. The van der Waals surface area contributed by atoms with Crippen LogP contribution in [0.3, 0.4) is 0 Å². The second kappa shape index (κ2) is 6.71. The first kappa shape index (κ1) is 16.8. The number of nitrogens with one attached hydrogen (secondary N) is 1. The van der Waals surface area contributed by atoms with Gasteiger partial charge in [0.15, 0.2) is 0 Å². The molecule has 0 aliphatic heterocycles. The average Bonchev–Trinajstić information content (AvgIpc) is 2.41. The number of nitrogen functional groups attached to an aromatic ring is 1. The summed E-state index contributed by atoms with van der Waals surface area (Å²) in [6.07, 6.45) is 0. The number of nitrogens with two attached hydrogens (primary N) is 1. The first-order valence-corrected chi connectivity index (χ1v) is 9.37. The van der Waals surface area contributed by atoms with Gasteiger partial charge < -0.3 is 5.73 Å². The highest BCUT2D eigenvalue weighted by Gasteiger charge is 2.12. The monoisotopic (exact) mass is 382 g/mol. The number of anilines is 2. The van der Waals surface area contributed by atoms with Crippen LogP contribution >= 0.6 is 15.9 Å². The lowest BCUT2D eigenvalue weighted by atomic mass is 10.1. The van der Waals surface area contributed by atoms with Gasteiger partial charge in [-0.15, -0.1) is 0 Å². The molecular weight excluding hydrogens is 364 g/mol. The molecule has 0 unspecified atom stereocenters. The molecule has 2 rings (SSSR count). The van der Waals surface area contributed by atoms with Gasteiger partial charge >= 0.3 is 0 Å². The molecule has 0 fully saturated rings. The van der Waals surface area contributed by atoms with Crippen molar-refractivity contribution in [2.75, 3.05) is 16.2 Å². The van der Waals surface area contributed by atoms with Crippen LogP contribution < -0.4 is 10.5 Å². The SMILES string of the molecule is CC(C)CS(=O)(=O)Nc1ccc(-c2ccc(N)c(Br)c2)cc1. The second-order valence-electron chi connectivity index (χ2n) is 5.59. The molecule has 6 heteroatoms. The zero-order chi connectivity index (χ0) is 16.3. The summed E-state index contributed by atoms with van der Waals surface area (Å²) in [5.74, 6) is 0.198. The summed E-state index contributed by atoms with van der Waals surface area (Å²) in [5, 5.41) is 0. The maximum atomic E-state index is 11.9. The van der Waals surface area contributed by atoms with Crippen molar-refractivity contribution in [3.8, 4) is 11.1 Å². The molecule has 0 amide bonds. The van der Waals surface area contributed by atoms with E-state index in [0.29, 0.717) is 11.4 Å². The van der Waals surface area contributed by atoms with Gasteiger partial charge in [-0.25, -0.2) is 8.42 Å². The second-order valence-corrected chi connectivity index (χ2v) is 8.21. The average molecular weight is 383 g/mol. The quantitative estimate of drug-likeness (QED) is 0.764. The summed E-state index contributed by atoms with van der Waals surface area (Å²) in [6, 6.07) is 13.0. The van der Waals surface area contributed by atoms with Gasteiger partial charge in [0.05, 0.1) is 5.75 Å². The zero-order valence-corrected chi connectivity index (χ0v) is 14.9. The third-order valence-electron chi connectivity index (χ3n) is 3.04. The highest BCUT2D eigenvalue weighted by molar-refractivity contribution is 9.10. The fraction of sp³-hybridized carbons (Fsp3) is 0.250. The molecule has 118 valence electrons. The normalized spacial score (nSPS) is 11.6. The molecule has 3 N–H and O–H groups in total. The number of hydrogen-bond acceptors (Lipinski definition) is 3. The third-order valence-corrected chi connectivity index (χ3v) is 5.38. The number of halogens is 1. The summed E-state index contributed by atoms with van der Waals surface area (Å²) in [4.78, 5) is 0. The van der Waals surface area contributed by atoms with Crippen LogP contribution in [0.4, 0.5) is 11.4 Å². The summed E-state index contributed by atoms with van der Waals surface area (Å²) >= 11 is 3.40. The van der Waals surface area contributed by atoms with Crippen LogP contribution in [0.5, 0.6) is 0 Å². The molecule has 0 aliphatic carbocycles. The smallest absolute Gasteiger partial charge is 0.232 e. The Morgan fingerprint density at radius 3 is 2.23 bits per heavy atom. The lowest BCUT2D eigenvalue weighted by molar-refractivity contribution is 0.587. The van der Waals surface area contributed by atoms with Crippen LogP contribution in [0.1, 0.15) is 13.8 Å². The molecule has 0 spiro atoms. The lowest BCUT2D eigenvalue weighted by Crippen LogP contribution is -2.19. The van der Waals surface area contributed by atoms with Gasteiger partial charge in [-0.05, 0) is 57.2 Å². The fourth-order valence-electron chi connectivity index (χ4n) is 2.10. The topological polar surface area (TPSA) is 72.2 Å². The van der Waals surface area contributed by atoms with Crippen LogP contribution in [0.25, 0.3) is 11.1 Å². The van der Waals surface area contributed by atoms with Gasteiger partial charge in [0.1, 0.15) is 0 Å². The predicted molar refractivity (Wildman–Crippen MR) is 96.2 cm³/mol. The zero-order valence-electron chi connectivity index (χ0n) is 12.5. The Bertz CT molecular complexity index is 756. The van der Waals surface area contributed by atoms with Crippen molar-refractivity contribution < 1.29 is 8.42 Å². The summed E-state index contributed by atoms with van der Waals surface area (Å²) < 4.78 is 27.3. The van der Waals surface area contributed by atoms with Crippen molar-refractivity contribution in [1.82, 2.24) is 0 Å². The Balaban J connectivity index is 2.18. The van der Waals surface area contributed by atoms with Gasteiger partial charge in [-0.3, -0.25) is 4.72 Å². The molecule has 0 saturated heterocycles. The van der Waals surface area contributed by atoms with E-state index < -0.39 is 10.0 Å². The van der Waals surface area contributed by atoms with E-state index in [1.54, 1.807) is 12.1 Å². The first-order valence-electron chi connectivity index (χ1n) is 6.93. The number of rotatable bonds is 5. The van der Waals surface area contributed by atoms with Gasteiger partial charge in [0, 0.05) is 15.8 Å². The Hall–Kier alpha value is -1.53. The molecule has 22 heavy (non-hydrogen) atoms. The van der Waals surface area contributed by atoms with Crippen LogP contribution in [0, 0.1) is 5.92 Å². The summed E-state index contributed by atoms with van der Waals surface area (Å²) in [5.41, 5.74) is 9.03. The number of hydrogen-bond donors (Lipinski definition) is 2. The summed E-state index contributed by atoms with van der Waals surface area (Å²) in [7, 11) is -3.30. The van der Waals surface area contributed by atoms with E-state index in [0.717, 1.165) is 15.6 Å². The van der Waals surface area contributed by atoms with E-state index >= 15 is 0 Å². The van der Waals surface area contributed by atoms with Crippen LogP contribution in [-0.4, -0.2) is 14.2 Å². The van der Waals surface area contributed by atoms with Gasteiger partial charge in [0.25, 0.3) is 0 Å². The molecule has 0 aliphatic rings. The van der Waals surface area contributed by atoms with Crippen LogP contribution in [0.15, 0.2) is 46.9 Å². The van der Waals surface area contributed by atoms with Crippen molar-refractivity contribution >= 4 is 37.3 Å². The van der Waals surface area contributed by atoms with Crippen LogP contribution in [0.2, 0.25) is 0 Å². The van der Waals surface area contributed by atoms with E-state index in [1.165, 1.54) is 0 Å². The molecule has 0 saturated carbocycles. The lowest BCUT2D eigenvalue weighted by Gasteiger charge is -2.11. The van der Waals surface area contributed by atoms with E-state index in [1.807, 2.05) is 44.2 Å². The number of benzene rings is 2. The predicted octanol–water partition coefficient (Wildman–Crippen LogP) is 4.10. The van der Waals surface area contributed by atoms with Gasteiger partial charge in [0.2, 0.25) is 10.0 Å². The minimum atomic E-state index is -3.30. The largest absolute Gasteiger partial charge is 0.398 e. The molecular formula is C16H19BrN2O2S. The van der Waals surface area contributed by atoms with E-state index in [-0.39, 0.29) is 11.7 Å². The molecule has 0 bridgehead atoms. The van der Waals surface area contributed by atoms with Gasteiger partial charge in [-0.1, -0.05) is 32.0 Å². The van der Waals surface area contributed by atoms with E-state index in [2.05, 4.69) is 20.7 Å². The maximum absolute atomic E-state index is 11.9. The number of sulfonamides is 1. The molecule has 0 atom stereocenters. The van der Waals surface area contributed by atoms with E-state index in [9.17, 15) is 8.42 Å². The van der Waals surface area contributed by atoms with Crippen LogP contribution in [-0.2, 0) is 10.0 Å². The Kier molecular flexibility index (Phi) is 5.13. The molecule has 2 aromatic rings. The van der Waals surface area contributed by atoms with Crippen molar-refractivity contribution in [3.63, 3.8) is 0 Å². The molecule has 0 aromatic heterocycles. The third kappa shape index (κ3) is 4.48. The van der Waals surface area contributed by atoms with E-state index in [4.69, 9.17) is 5.73 Å². The van der Waals surface area contributed by atoms with Crippen molar-refractivity contribution in [2.24, 2.45) is 5.92 Å². The minimum Gasteiger partial charge on any atom is -0.398 e. The molecule has 0 heterocycles. The van der Waals surface area contributed by atoms with Crippen molar-refractivity contribution in [2.45, 2.75) is 13.8 Å². The Morgan fingerprint density at radius 1 is 1.09 bits per heavy atom. The van der Waals surface area contributed by atoms with Gasteiger partial charge in [-0.2, -0.15) is 0 Å². The first-order chi connectivity index (χ1) is 10.3. The Morgan fingerprint density at radius 2 is 1.68 bits per heavy atom. The van der Waals surface area contributed by atoms with Crippen molar-refractivity contribution in [3.05, 3.63) is 46.9 Å². The molecule has 0 radical (unpaired) electrons. The fourth-order valence-corrected chi connectivity index (χ4v) is 3.93. The highest BCUT2D eigenvalue weighted by Crippen LogP contribution is 2.28. The molecule has 2 aromatic carbocycles. The van der Waals surface area contributed by atoms with Crippen molar-refractivity contribution in [1.29, 1.82) is 0 Å². The standard InChI is InChI=1S/C16H19BrN2O2S/c1-11(2)10-22(20,21)19-14-6-3-12(4-7-14)13-5-8-16(18)15(17)9-13/h3-9,11,19H,10,18H2,1-2H3. The Labute approximate surface area is 139 Å². The molecule has 4 nitrogen and oxygen atoms in total. The highest BCUT2D eigenvalue weighted by atomic mass is 79.9. The summed E-state index contributed by atoms with van der Waals surface area (Å²) in [6.45, 7) is 3.75.